The van der Waals surface area contributed by atoms with Crippen LogP contribution >= 0.6 is 11.8 Å². The van der Waals surface area contributed by atoms with Gasteiger partial charge >= 0.3 is 0 Å². The van der Waals surface area contributed by atoms with Crippen LogP contribution in [0.1, 0.15) is 26.2 Å². The molecular formula is C11H18N2O2S. The molecule has 1 N–H and O–H groups in total. The van der Waals surface area contributed by atoms with E-state index in [1.807, 2.05) is 11.8 Å². The Morgan fingerprint density at radius 2 is 2.25 bits per heavy atom. The van der Waals surface area contributed by atoms with Gasteiger partial charge in [0.15, 0.2) is 0 Å². The second-order valence-electron chi connectivity index (χ2n) is 4.34. The Balaban J connectivity index is 1.92. The van der Waals surface area contributed by atoms with E-state index in [0.717, 1.165) is 18.6 Å². The fraction of sp³-hybridized carbons (Fsp3) is 0.818. The molecule has 1 saturated carbocycles. The molecule has 2 amide bonds. The summed E-state index contributed by atoms with van der Waals surface area (Å²) in [7, 11) is 0. The van der Waals surface area contributed by atoms with Gasteiger partial charge < -0.3 is 10.2 Å². The van der Waals surface area contributed by atoms with Gasteiger partial charge in [0.05, 0.1) is 13.1 Å². The van der Waals surface area contributed by atoms with Gasteiger partial charge in [0.25, 0.3) is 0 Å². The molecule has 2 unspecified atom stereocenters. The first-order valence-electron chi connectivity index (χ1n) is 5.88. The molecule has 0 aromatic rings. The van der Waals surface area contributed by atoms with E-state index >= 15 is 0 Å². The minimum absolute atomic E-state index is 0.0220. The smallest absolute Gasteiger partial charge is 0.242 e. The predicted octanol–water partition coefficient (Wildman–Crippen LogP) is 0.619. The molecule has 1 aliphatic carbocycles. The summed E-state index contributed by atoms with van der Waals surface area (Å²) >= 11 is 1.97. The summed E-state index contributed by atoms with van der Waals surface area (Å²) in [5, 5.41) is 3.26. The van der Waals surface area contributed by atoms with Gasteiger partial charge in [-0.1, -0.05) is 6.92 Å². The third kappa shape index (κ3) is 2.51. The zero-order valence-corrected chi connectivity index (χ0v) is 10.4. The number of hydrogen-bond donors (Lipinski definition) is 1. The van der Waals surface area contributed by atoms with Crippen LogP contribution in [0.4, 0.5) is 0 Å². The zero-order chi connectivity index (χ0) is 11.5. The van der Waals surface area contributed by atoms with Gasteiger partial charge in [0, 0.05) is 11.3 Å². The van der Waals surface area contributed by atoms with Crippen LogP contribution in [0.25, 0.3) is 0 Å². The van der Waals surface area contributed by atoms with Crippen LogP contribution < -0.4 is 5.32 Å². The molecule has 1 heterocycles. The largest absolute Gasteiger partial charge is 0.345 e. The molecule has 2 fully saturated rings. The Labute approximate surface area is 100 Å². The standard InChI is InChI=1S/C11H18N2O2S/c1-2-16-9-4-3-8(5-9)13-7-10(14)12-6-11(13)15/h8-9H,2-7H2,1H3,(H,12,14). The number of carbonyl (C=O) groups is 2. The van der Waals surface area contributed by atoms with E-state index in [2.05, 4.69) is 12.2 Å². The molecule has 16 heavy (non-hydrogen) atoms. The van der Waals surface area contributed by atoms with Crippen LogP contribution in [0.15, 0.2) is 0 Å². The number of rotatable bonds is 3. The molecule has 90 valence electrons. The Kier molecular flexibility index (Phi) is 3.74. The van der Waals surface area contributed by atoms with Crippen molar-refractivity contribution in [3.05, 3.63) is 0 Å². The highest BCUT2D eigenvalue weighted by atomic mass is 32.2. The zero-order valence-electron chi connectivity index (χ0n) is 9.57. The van der Waals surface area contributed by atoms with Gasteiger partial charge in [-0.15, -0.1) is 0 Å². The fourth-order valence-corrected chi connectivity index (χ4v) is 3.63. The maximum Gasteiger partial charge on any atom is 0.242 e. The van der Waals surface area contributed by atoms with E-state index < -0.39 is 0 Å². The SMILES string of the molecule is CCSC1CCC(N2CC(=O)NCC2=O)C1. The van der Waals surface area contributed by atoms with Crippen LogP contribution in [0.3, 0.4) is 0 Å². The lowest BCUT2D eigenvalue weighted by Gasteiger charge is -2.32. The topological polar surface area (TPSA) is 49.4 Å². The van der Waals surface area contributed by atoms with Crippen molar-refractivity contribution < 1.29 is 9.59 Å². The molecule has 5 heteroatoms. The van der Waals surface area contributed by atoms with Gasteiger partial charge in [-0.05, 0) is 25.0 Å². The highest BCUT2D eigenvalue weighted by Gasteiger charge is 2.34. The summed E-state index contributed by atoms with van der Waals surface area (Å²) in [6, 6.07) is 0.294. The van der Waals surface area contributed by atoms with Crippen molar-refractivity contribution in [3.8, 4) is 0 Å². The highest BCUT2D eigenvalue weighted by Crippen LogP contribution is 2.32. The van der Waals surface area contributed by atoms with Crippen molar-refractivity contribution >= 4 is 23.6 Å². The lowest BCUT2D eigenvalue weighted by atomic mass is 10.2. The van der Waals surface area contributed by atoms with E-state index in [-0.39, 0.29) is 24.9 Å². The number of amides is 2. The minimum atomic E-state index is -0.0220. The van der Waals surface area contributed by atoms with Crippen LogP contribution in [0.2, 0.25) is 0 Å². The molecule has 0 aromatic carbocycles. The van der Waals surface area contributed by atoms with Crippen molar-refractivity contribution in [3.63, 3.8) is 0 Å². The molecule has 0 aromatic heterocycles. The highest BCUT2D eigenvalue weighted by molar-refractivity contribution is 7.99. The van der Waals surface area contributed by atoms with Crippen molar-refractivity contribution in [2.75, 3.05) is 18.8 Å². The number of nitrogens with one attached hydrogen (secondary N) is 1. The van der Waals surface area contributed by atoms with Gasteiger partial charge in [-0.2, -0.15) is 11.8 Å². The third-order valence-corrected chi connectivity index (χ3v) is 4.50. The summed E-state index contributed by atoms with van der Waals surface area (Å²) < 4.78 is 0. The number of piperazine rings is 1. The number of nitrogens with zero attached hydrogens (tertiary/aromatic N) is 1. The molecule has 0 bridgehead atoms. The summed E-state index contributed by atoms with van der Waals surface area (Å²) in [5.41, 5.74) is 0. The molecular weight excluding hydrogens is 224 g/mol. The minimum Gasteiger partial charge on any atom is -0.345 e. The van der Waals surface area contributed by atoms with Crippen molar-refractivity contribution in [1.29, 1.82) is 0 Å². The fourth-order valence-electron chi connectivity index (χ4n) is 2.49. The Morgan fingerprint density at radius 3 is 3.00 bits per heavy atom. The Hall–Kier alpha value is -0.710. The average molecular weight is 242 g/mol. The first-order chi connectivity index (χ1) is 7.70. The van der Waals surface area contributed by atoms with E-state index in [4.69, 9.17) is 0 Å². The van der Waals surface area contributed by atoms with Crippen LogP contribution in [-0.4, -0.2) is 46.8 Å². The first kappa shape index (κ1) is 11.8. The van der Waals surface area contributed by atoms with Crippen LogP contribution in [0.5, 0.6) is 0 Å². The van der Waals surface area contributed by atoms with Gasteiger partial charge in [0.1, 0.15) is 0 Å². The maximum absolute atomic E-state index is 11.7. The van der Waals surface area contributed by atoms with Crippen molar-refractivity contribution in [2.24, 2.45) is 0 Å². The molecule has 1 saturated heterocycles. The molecule has 0 spiro atoms. The molecule has 1 aliphatic heterocycles. The molecule has 4 nitrogen and oxygen atoms in total. The van der Waals surface area contributed by atoms with Gasteiger partial charge in [-0.25, -0.2) is 0 Å². The normalized spacial score (nSPS) is 30.7. The second kappa shape index (κ2) is 5.08. The van der Waals surface area contributed by atoms with Gasteiger partial charge in [0.2, 0.25) is 11.8 Å². The average Bonchev–Trinajstić information content (AvgIpc) is 2.71. The number of carbonyl (C=O) groups excluding carboxylic acids is 2. The van der Waals surface area contributed by atoms with E-state index in [0.29, 0.717) is 11.3 Å². The second-order valence-corrected chi connectivity index (χ2v) is 5.92. The summed E-state index contributed by atoms with van der Waals surface area (Å²) in [4.78, 5) is 24.7. The molecule has 2 rings (SSSR count). The molecule has 2 aliphatic rings. The lowest BCUT2D eigenvalue weighted by Crippen LogP contribution is -2.54. The number of hydrogen-bond acceptors (Lipinski definition) is 3. The molecule has 0 radical (unpaired) electrons. The third-order valence-electron chi connectivity index (χ3n) is 3.27. The quantitative estimate of drug-likeness (QED) is 0.789. The number of thioether (sulfide) groups is 1. The summed E-state index contributed by atoms with van der Waals surface area (Å²) in [6.45, 7) is 2.60. The van der Waals surface area contributed by atoms with E-state index in [9.17, 15) is 9.59 Å². The monoisotopic (exact) mass is 242 g/mol. The predicted molar refractivity (Wildman–Crippen MR) is 64.3 cm³/mol. The van der Waals surface area contributed by atoms with Crippen LogP contribution in [-0.2, 0) is 9.59 Å². The first-order valence-corrected chi connectivity index (χ1v) is 6.93. The van der Waals surface area contributed by atoms with Crippen molar-refractivity contribution in [2.45, 2.75) is 37.5 Å². The summed E-state index contributed by atoms with van der Waals surface area (Å²) in [5.74, 6) is 1.18. The summed E-state index contributed by atoms with van der Waals surface area (Å²) in [6.07, 6.45) is 3.28. The maximum atomic E-state index is 11.7. The Bertz CT molecular complexity index is 296. The lowest BCUT2D eigenvalue weighted by molar-refractivity contribution is -0.142. The van der Waals surface area contributed by atoms with Crippen LogP contribution in [0, 0.1) is 0 Å². The van der Waals surface area contributed by atoms with E-state index in [1.54, 1.807) is 4.90 Å². The Morgan fingerprint density at radius 1 is 1.44 bits per heavy atom. The van der Waals surface area contributed by atoms with Crippen molar-refractivity contribution in [1.82, 2.24) is 10.2 Å². The molecule has 2 atom stereocenters. The van der Waals surface area contributed by atoms with E-state index in [1.165, 1.54) is 6.42 Å². The van der Waals surface area contributed by atoms with Gasteiger partial charge in [-0.3, -0.25) is 9.59 Å².